The van der Waals surface area contributed by atoms with Gasteiger partial charge in [0.15, 0.2) is 0 Å². The van der Waals surface area contributed by atoms with E-state index in [9.17, 15) is 10.1 Å². The third-order valence-electron chi connectivity index (χ3n) is 3.10. The van der Waals surface area contributed by atoms with Crippen LogP contribution >= 0.6 is 0 Å². The van der Waals surface area contributed by atoms with Gasteiger partial charge in [-0.15, -0.1) is 0 Å². The Balaban J connectivity index is 2.20. The predicted octanol–water partition coefficient (Wildman–Crippen LogP) is 3.25. The Labute approximate surface area is 134 Å². The van der Waals surface area contributed by atoms with Gasteiger partial charge < -0.3 is 14.8 Å². The summed E-state index contributed by atoms with van der Waals surface area (Å²) in [4.78, 5) is 12.2. The Hall–Kier alpha value is -3.26. The number of hydrogen-bond donors (Lipinski definition) is 1. The maximum Gasteiger partial charge on any atom is 0.266 e. The molecule has 1 amide bonds. The smallest absolute Gasteiger partial charge is 0.266 e. The second kappa shape index (κ2) is 7.66. The molecule has 0 saturated carbocycles. The van der Waals surface area contributed by atoms with E-state index in [-0.39, 0.29) is 5.57 Å². The summed E-state index contributed by atoms with van der Waals surface area (Å²) >= 11 is 0. The molecule has 2 rings (SSSR count). The first-order valence-electron chi connectivity index (χ1n) is 6.87. The van der Waals surface area contributed by atoms with Crippen LogP contribution in [0.1, 0.15) is 5.56 Å². The van der Waals surface area contributed by atoms with Gasteiger partial charge in [0, 0.05) is 11.8 Å². The Morgan fingerprint density at radius 2 is 1.74 bits per heavy atom. The molecule has 0 aliphatic carbocycles. The number of carbonyl (C=O) groups is 1. The molecule has 1 N–H and O–H groups in total. The van der Waals surface area contributed by atoms with Gasteiger partial charge in [-0.05, 0) is 35.9 Å². The van der Waals surface area contributed by atoms with Crippen molar-refractivity contribution in [2.45, 2.75) is 0 Å². The zero-order valence-corrected chi connectivity index (χ0v) is 12.9. The lowest BCUT2D eigenvalue weighted by Gasteiger charge is -2.06. The highest BCUT2D eigenvalue weighted by molar-refractivity contribution is 6.09. The zero-order chi connectivity index (χ0) is 16.7. The third-order valence-corrected chi connectivity index (χ3v) is 3.10. The van der Waals surface area contributed by atoms with Crippen molar-refractivity contribution in [3.8, 4) is 17.6 Å². The van der Waals surface area contributed by atoms with Gasteiger partial charge in [-0.2, -0.15) is 5.26 Å². The number of carbonyl (C=O) groups excluding carboxylic acids is 1. The molecular formula is C18H16N2O3. The van der Waals surface area contributed by atoms with Gasteiger partial charge in [0.1, 0.15) is 23.1 Å². The number of methoxy groups -OCH3 is 2. The zero-order valence-electron chi connectivity index (χ0n) is 12.9. The summed E-state index contributed by atoms with van der Waals surface area (Å²) in [6.07, 6.45) is 1.51. The summed E-state index contributed by atoms with van der Waals surface area (Å²) in [6.45, 7) is 0. The number of ether oxygens (including phenoxy) is 2. The lowest BCUT2D eigenvalue weighted by atomic mass is 10.1. The first-order chi connectivity index (χ1) is 11.2. The van der Waals surface area contributed by atoms with E-state index in [4.69, 9.17) is 9.47 Å². The molecule has 2 aromatic carbocycles. The standard InChI is InChI=1S/C18H16N2O3/c1-22-16-7-3-5-13(10-16)9-14(12-19)18(21)20-15-6-4-8-17(11-15)23-2/h3-11H,1-2H3,(H,20,21). The number of amides is 1. The first kappa shape index (κ1) is 16.1. The van der Waals surface area contributed by atoms with Gasteiger partial charge in [-0.25, -0.2) is 0 Å². The molecule has 0 unspecified atom stereocenters. The normalized spacial score (nSPS) is 10.6. The maximum atomic E-state index is 12.2. The molecule has 0 spiro atoms. The maximum absolute atomic E-state index is 12.2. The van der Waals surface area contributed by atoms with Crippen molar-refractivity contribution < 1.29 is 14.3 Å². The SMILES string of the molecule is COc1cccc(C=C(C#N)C(=O)Nc2cccc(OC)c2)c1. The number of anilines is 1. The number of benzene rings is 2. The summed E-state index contributed by atoms with van der Waals surface area (Å²) in [5, 5.41) is 11.9. The van der Waals surface area contributed by atoms with E-state index in [0.717, 1.165) is 0 Å². The van der Waals surface area contributed by atoms with Crippen molar-refractivity contribution >= 4 is 17.7 Å². The molecular weight excluding hydrogens is 292 g/mol. The third kappa shape index (κ3) is 4.35. The molecule has 5 heteroatoms. The van der Waals surface area contributed by atoms with Gasteiger partial charge in [0.2, 0.25) is 0 Å². The highest BCUT2D eigenvalue weighted by atomic mass is 16.5. The van der Waals surface area contributed by atoms with Gasteiger partial charge in [-0.3, -0.25) is 4.79 Å². The second-order valence-corrected chi connectivity index (χ2v) is 4.63. The Morgan fingerprint density at radius 1 is 1.09 bits per heavy atom. The van der Waals surface area contributed by atoms with Crippen LogP contribution in [0.15, 0.2) is 54.1 Å². The van der Waals surface area contributed by atoms with Crippen LogP contribution in [0.5, 0.6) is 11.5 Å². The van der Waals surface area contributed by atoms with Crippen LogP contribution in [0.25, 0.3) is 6.08 Å². The number of rotatable bonds is 5. The van der Waals surface area contributed by atoms with Crippen LogP contribution in [-0.2, 0) is 4.79 Å². The predicted molar refractivity (Wildman–Crippen MR) is 88.2 cm³/mol. The summed E-state index contributed by atoms with van der Waals surface area (Å²) < 4.78 is 10.2. The van der Waals surface area contributed by atoms with Crippen molar-refractivity contribution in [3.63, 3.8) is 0 Å². The average Bonchev–Trinajstić information content (AvgIpc) is 2.59. The number of nitrogens with zero attached hydrogens (tertiary/aromatic N) is 1. The molecule has 0 aliphatic heterocycles. The van der Waals surface area contributed by atoms with Gasteiger partial charge >= 0.3 is 0 Å². The Morgan fingerprint density at radius 3 is 2.39 bits per heavy atom. The van der Waals surface area contributed by atoms with Crippen molar-refractivity contribution in [1.29, 1.82) is 5.26 Å². The van der Waals surface area contributed by atoms with Crippen molar-refractivity contribution in [2.75, 3.05) is 19.5 Å². The van der Waals surface area contributed by atoms with Crippen LogP contribution in [0.3, 0.4) is 0 Å². The fraction of sp³-hybridized carbons (Fsp3) is 0.111. The summed E-state index contributed by atoms with van der Waals surface area (Å²) in [5.74, 6) is 0.797. The van der Waals surface area contributed by atoms with Crippen LogP contribution in [0, 0.1) is 11.3 Å². The first-order valence-corrected chi connectivity index (χ1v) is 6.87. The van der Waals surface area contributed by atoms with Crippen LogP contribution in [0.2, 0.25) is 0 Å². The van der Waals surface area contributed by atoms with Crippen molar-refractivity contribution in [3.05, 3.63) is 59.7 Å². The van der Waals surface area contributed by atoms with Crippen LogP contribution < -0.4 is 14.8 Å². The number of hydrogen-bond acceptors (Lipinski definition) is 4. The minimum absolute atomic E-state index is 0.000993. The van der Waals surface area contributed by atoms with E-state index < -0.39 is 5.91 Å². The van der Waals surface area contributed by atoms with E-state index >= 15 is 0 Å². The Bertz CT molecular complexity index is 776. The van der Waals surface area contributed by atoms with Crippen LogP contribution in [0.4, 0.5) is 5.69 Å². The lowest BCUT2D eigenvalue weighted by Crippen LogP contribution is -2.13. The largest absolute Gasteiger partial charge is 0.497 e. The number of nitrogens with one attached hydrogen (secondary N) is 1. The molecule has 0 aliphatic rings. The lowest BCUT2D eigenvalue weighted by molar-refractivity contribution is -0.112. The van der Waals surface area contributed by atoms with Crippen molar-refractivity contribution in [2.24, 2.45) is 0 Å². The van der Waals surface area contributed by atoms with E-state index in [1.54, 1.807) is 62.8 Å². The fourth-order valence-electron chi connectivity index (χ4n) is 1.95. The molecule has 0 fully saturated rings. The molecule has 0 heterocycles. The summed E-state index contributed by atoms with van der Waals surface area (Å²) in [5.41, 5.74) is 1.27. The molecule has 0 atom stereocenters. The molecule has 0 radical (unpaired) electrons. The molecule has 0 bridgehead atoms. The number of nitriles is 1. The van der Waals surface area contributed by atoms with E-state index in [1.165, 1.54) is 6.08 Å². The highest BCUT2D eigenvalue weighted by Gasteiger charge is 2.10. The van der Waals surface area contributed by atoms with Crippen LogP contribution in [-0.4, -0.2) is 20.1 Å². The fourth-order valence-corrected chi connectivity index (χ4v) is 1.95. The second-order valence-electron chi connectivity index (χ2n) is 4.63. The van der Waals surface area contributed by atoms with E-state index in [0.29, 0.717) is 22.7 Å². The molecule has 5 nitrogen and oxygen atoms in total. The summed E-state index contributed by atoms with van der Waals surface area (Å²) in [7, 11) is 3.11. The topological polar surface area (TPSA) is 71.3 Å². The summed E-state index contributed by atoms with van der Waals surface area (Å²) in [6, 6.07) is 16.0. The minimum atomic E-state index is -0.483. The Kier molecular flexibility index (Phi) is 5.37. The highest BCUT2D eigenvalue weighted by Crippen LogP contribution is 2.19. The van der Waals surface area contributed by atoms with Crippen molar-refractivity contribution in [1.82, 2.24) is 0 Å². The molecule has 116 valence electrons. The molecule has 2 aromatic rings. The molecule has 0 aromatic heterocycles. The van der Waals surface area contributed by atoms with Gasteiger partial charge in [-0.1, -0.05) is 18.2 Å². The van der Waals surface area contributed by atoms with E-state index in [2.05, 4.69) is 5.32 Å². The van der Waals surface area contributed by atoms with E-state index in [1.807, 2.05) is 6.07 Å². The molecule has 23 heavy (non-hydrogen) atoms. The minimum Gasteiger partial charge on any atom is -0.497 e. The molecule has 0 saturated heterocycles. The quantitative estimate of drug-likeness (QED) is 0.680. The monoisotopic (exact) mass is 308 g/mol. The van der Waals surface area contributed by atoms with Gasteiger partial charge in [0.05, 0.1) is 14.2 Å². The average molecular weight is 308 g/mol. The van der Waals surface area contributed by atoms with Gasteiger partial charge in [0.25, 0.3) is 5.91 Å².